The molecule has 0 aromatic carbocycles. The largest absolute Gasteiger partial charge is 0.398 e. The van der Waals surface area contributed by atoms with E-state index in [1.807, 2.05) is 0 Å². The van der Waals surface area contributed by atoms with Crippen LogP contribution in [0.5, 0.6) is 0 Å². The van der Waals surface area contributed by atoms with Crippen LogP contribution in [0, 0.1) is 0 Å². The summed E-state index contributed by atoms with van der Waals surface area (Å²) in [6, 6.07) is 0. The summed E-state index contributed by atoms with van der Waals surface area (Å²) in [4.78, 5) is 0. The first-order valence-electron chi connectivity index (χ1n) is 2.43. The Morgan fingerprint density at radius 2 is 2.33 bits per heavy atom. The summed E-state index contributed by atoms with van der Waals surface area (Å²) in [5.74, 6) is 0. The van der Waals surface area contributed by atoms with Crippen LogP contribution in [0.15, 0.2) is 41.6 Å². The van der Waals surface area contributed by atoms with Crippen molar-refractivity contribution in [3.63, 3.8) is 0 Å². The van der Waals surface area contributed by atoms with E-state index in [1.165, 1.54) is 5.41 Å². The molecule has 0 heterocycles. The highest BCUT2D eigenvalue weighted by atomic mass is 32.1. The van der Waals surface area contributed by atoms with Gasteiger partial charge in [0.1, 0.15) is 0 Å². The fraction of sp³-hybridized carbons (Fsp3) is 0. The zero-order chi connectivity index (χ0) is 7.11. The summed E-state index contributed by atoms with van der Waals surface area (Å²) in [7, 11) is 0. The number of rotatable bonds is 2. The molecule has 0 aliphatic heterocycles. The molecule has 2 heteroatoms. The summed E-state index contributed by atoms with van der Waals surface area (Å²) in [6.07, 6.45) is 5.13. The van der Waals surface area contributed by atoms with E-state index in [0.29, 0.717) is 5.70 Å². The monoisotopic (exact) mass is 139 g/mol. The first-order chi connectivity index (χ1) is 4.31. The number of nitrogens with two attached hydrogens (primary N) is 1. The second-order valence-electron chi connectivity index (χ2n) is 1.36. The molecule has 1 nitrogen and oxygen atoms in total. The molecule has 0 bridgehead atoms. The summed E-state index contributed by atoms with van der Waals surface area (Å²) in [6.45, 7) is 3.37. The molecule has 0 spiro atoms. The average molecular weight is 139 g/mol. The minimum absolute atomic E-state index is 0.616. The molecular formula is C7H9NS. The fourth-order valence-corrected chi connectivity index (χ4v) is 0.356. The molecule has 0 radical (unpaired) electrons. The van der Waals surface area contributed by atoms with E-state index in [4.69, 9.17) is 5.73 Å². The normalized spacial score (nSPS) is 11.4. The highest BCUT2D eigenvalue weighted by Gasteiger charge is 1.72. The van der Waals surface area contributed by atoms with Gasteiger partial charge in [-0.1, -0.05) is 12.7 Å². The van der Waals surface area contributed by atoms with Gasteiger partial charge in [0.05, 0.1) is 0 Å². The van der Waals surface area contributed by atoms with Gasteiger partial charge in [0, 0.05) is 5.70 Å². The lowest BCUT2D eigenvalue weighted by Gasteiger charge is -1.83. The molecule has 0 rings (SSSR count). The van der Waals surface area contributed by atoms with Crippen molar-refractivity contribution in [3.05, 3.63) is 41.6 Å². The van der Waals surface area contributed by atoms with Crippen molar-refractivity contribution < 1.29 is 0 Å². The summed E-state index contributed by atoms with van der Waals surface area (Å²) >= 11 is 3.83. The number of thiol groups is 1. The van der Waals surface area contributed by atoms with Gasteiger partial charge in [0.2, 0.25) is 0 Å². The molecule has 0 aliphatic carbocycles. The Morgan fingerprint density at radius 1 is 1.67 bits per heavy atom. The Bertz CT molecular complexity index is 173. The molecule has 0 unspecified atom stereocenters. The fourth-order valence-electron chi connectivity index (χ4n) is 0.270. The van der Waals surface area contributed by atoms with Crippen LogP contribution in [-0.2, 0) is 0 Å². The van der Waals surface area contributed by atoms with E-state index in [-0.39, 0.29) is 0 Å². The maximum absolute atomic E-state index is 5.34. The molecule has 48 valence electrons. The molecule has 0 atom stereocenters. The second-order valence-corrected chi connectivity index (χ2v) is 1.62. The predicted molar refractivity (Wildman–Crippen MR) is 44.1 cm³/mol. The number of hydrogen-bond donors (Lipinski definition) is 2. The summed E-state index contributed by atoms with van der Waals surface area (Å²) in [5.41, 5.74) is 8.54. The predicted octanol–water partition coefficient (Wildman–Crippen LogP) is 1.61. The van der Waals surface area contributed by atoms with Crippen LogP contribution in [0.2, 0.25) is 0 Å². The zero-order valence-electron chi connectivity index (χ0n) is 5.04. The third-order valence-corrected chi connectivity index (χ3v) is 0.950. The Labute approximate surface area is 60.7 Å². The van der Waals surface area contributed by atoms with Gasteiger partial charge in [-0.05, 0) is 17.6 Å². The van der Waals surface area contributed by atoms with Gasteiger partial charge >= 0.3 is 0 Å². The van der Waals surface area contributed by atoms with Crippen LogP contribution in [0.4, 0.5) is 0 Å². The smallest absolute Gasteiger partial charge is 0.0375 e. The van der Waals surface area contributed by atoms with Crippen LogP contribution >= 0.6 is 12.6 Å². The van der Waals surface area contributed by atoms with E-state index in [2.05, 4.69) is 24.9 Å². The first kappa shape index (κ1) is 8.15. The highest BCUT2D eigenvalue weighted by Crippen LogP contribution is 1.88. The number of allylic oxidation sites excluding steroid dienone is 3. The summed E-state index contributed by atoms with van der Waals surface area (Å²) in [5, 5.41) is 1.52. The second kappa shape index (κ2) is 5.29. The van der Waals surface area contributed by atoms with Gasteiger partial charge in [0.15, 0.2) is 0 Å². The molecule has 0 saturated heterocycles. The lowest BCUT2D eigenvalue weighted by molar-refractivity contribution is 1.45. The van der Waals surface area contributed by atoms with Gasteiger partial charge in [-0.15, -0.1) is 18.4 Å². The molecule has 0 aromatic heterocycles. The van der Waals surface area contributed by atoms with Crippen LogP contribution < -0.4 is 5.73 Å². The van der Waals surface area contributed by atoms with Crippen molar-refractivity contribution >= 4 is 12.6 Å². The van der Waals surface area contributed by atoms with E-state index in [1.54, 1.807) is 18.2 Å². The zero-order valence-corrected chi connectivity index (χ0v) is 5.94. The Balaban J connectivity index is 3.85. The van der Waals surface area contributed by atoms with Crippen LogP contribution in [0.3, 0.4) is 0 Å². The van der Waals surface area contributed by atoms with E-state index in [0.717, 1.165) is 0 Å². The van der Waals surface area contributed by atoms with Gasteiger partial charge < -0.3 is 5.73 Å². The van der Waals surface area contributed by atoms with Crippen molar-refractivity contribution in [1.82, 2.24) is 0 Å². The number of hydrogen-bond acceptors (Lipinski definition) is 2. The topological polar surface area (TPSA) is 26.0 Å². The lowest BCUT2D eigenvalue weighted by atomic mass is 10.4. The summed E-state index contributed by atoms with van der Waals surface area (Å²) < 4.78 is 0. The Kier molecular flexibility index (Phi) is 4.79. The molecule has 9 heavy (non-hydrogen) atoms. The van der Waals surface area contributed by atoms with Gasteiger partial charge in [0.25, 0.3) is 0 Å². The van der Waals surface area contributed by atoms with Crippen molar-refractivity contribution in [2.45, 2.75) is 0 Å². The van der Waals surface area contributed by atoms with Crippen LogP contribution in [0.1, 0.15) is 0 Å². The average Bonchev–Trinajstić information content (AvgIpc) is 1.89. The minimum atomic E-state index is 0.616. The van der Waals surface area contributed by atoms with Crippen molar-refractivity contribution in [2.24, 2.45) is 5.73 Å². The Hall–Kier alpha value is -0.850. The molecule has 0 saturated carbocycles. The third kappa shape index (κ3) is 5.01. The van der Waals surface area contributed by atoms with Gasteiger partial charge in [-0.3, -0.25) is 0 Å². The van der Waals surface area contributed by atoms with Crippen molar-refractivity contribution in [1.29, 1.82) is 0 Å². The molecule has 0 amide bonds. The third-order valence-electron chi connectivity index (χ3n) is 0.652. The van der Waals surface area contributed by atoms with E-state index < -0.39 is 0 Å². The van der Waals surface area contributed by atoms with Crippen molar-refractivity contribution in [3.8, 4) is 0 Å². The minimum Gasteiger partial charge on any atom is -0.398 e. The van der Waals surface area contributed by atoms with Crippen molar-refractivity contribution in [2.75, 3.05) is 0 Å². The van der Waals surface area contributed by atoms with Gasteiger partial charge in [-0.25, -0.2) is 0 Å². The Morgan fingerprint density at radius 3 is 2.78 bits per heavy atom. The molecule has 0 aromatic rings. The van der Waals surface area contributed by atoms with E-state index in [9.17, 15) is 0 Å². The lowest BCUT2D eigenvalue weighted by Crippen LogP contribution is -1.89. The van der Waals surface area contributed by atoms with Crippen LogP contribution in [0.25, 0.3) is 0 Å². The molecular weight excluding hydrogens is 130 g/mol. The highest BCUT2D eigenvalue weighted by molar-refractivity contribution is 7.83. The van der Waals surface area contributed by atoms with Crippen LogP contribution in [-0.4, -0.2) is 0 Å². The SMILES string of the molecule is C=C=C/C=C\C(N)=C/S. The molecule has 2 N–H and O–H groups in total. The molecule has 0 aliphatic rings. The maximum Gasteiger partial charge on any atom is 0.0375 e. The quantitative estimate of drug-likeness (QED) is 0.339. The maximum atomic E-state index is 5.34. The van der Waals surface area contributed by atoms with E-state index >= 15 is 0 Å². The first-order valence-corrected chi connectivity index (χ1v) is 2.95. The molecule has 0 fully saturated rings. The standard InChI is InChI=1S/C7H9NS/c1-2-3-4-5-7(8)6-9/h3-6,9H,1,8H2/b5-4-,7-6+. The van der Waals surface area contributed by atoms with Gasteiger partial charge in [-0.2, -0.15) is 0 Å².